The van der Waals surface area contributed by atoms with Crippen LogP contribution < -0.4 is 10.2 Å². The standard InChI is InChI=1S/C16H20FN3O2/c1-2-3-16(22)20-10-8-19(9-11-20)12-15(21)18-14-6-4-13(17)5-7-14/h2-7H,8-12H2,1H3,(H,18,21)/p+1/b3-2+. The van der Waals surface area contributed by atoms with Crippen molar-refractivity contribution in [1.82, 2.24) is 4.90 Å². The van der Waals surface area contributed by atoms with Gasteiger partial charge in [-0.2, -0.15) is 0 Å². The van der Waals surface area contributed by atoms with E-state index in [0.29, 0.717) is 25.3 Å². The van der Waals surface area contributed by atoms with E-state index in [-0.39, 0.29) is 17.6 Å². The van der Waals surface area contributed by atoms with Crippen molar-refractivity contribution in [2.75, 3.05) is 38.0 Å². The SMILES string of the molecule is C/C=C/C(=O)N1CC[NH+](CC(=O)Nc2ccc(F)cc2)CC1. The zero-order valence-corrected chi connectivity index (χ0v) is 12.6. The van der Waals surface area contributed by atoms with E-state index in [1.54, 1.807) is 17.1 Å². The summed E-state index contributed by atoms with van der Waals surface area (Å²) in [4.78, 5) is 26.6. The molecular weight excluding hydrogens is 285 g/mol. The Kier molecular flexibility index (Phi) is 5.66. The summed E-state index contributed by atoms with van der Waals surface area (Å²) in [6, 6.07) is 5.70. The molecule has 1 aliphatic heterocycles. The Hall–Kier alpha value is -2.21. The molecule has 1 aliphatic rings. The maximum atomic E-state index is 12.8. The molecule has 0 radical (unpaired) electrons. The topological polar surface area (TPSA) is 53.9 Å². The summed E-state index contributed by atoms with van der Waals surface area (Å²) in [7, 11) is 0. The number of halogens is 1. The predicted molar refractivity (Wildman–Crippen MR) is 82.0 cm³/mol. The first-order chi connectivity index (χ1) is 10.6. The van der Waals surface area contributed by atoms with Crippen LogP contribution in [0.15, 0.2) is 36.4 Å². The van der Waals surface area contributed by atoms with Crippen molar-refractivity contribution in [3.05, 3.63) is 42.2 Å². The molecule has 0 aromatic heterocycles. The number of amides is 2. The van der Waals surface area contributed by atoms with Gasteiger partial charge < -0.3 is 15.1 Å². The lowest BCUT2D eigenvalue weighted by atomic mass is 10.3. The number of hydrogen-bond acceptors (Lipinski definition) is 2. The first-order valence-electron chi connectivity index (χ1n) is 7.39. The van der Waals surface area contributed by atoms with Crippen LogP contribution in [0.3, 0.4) is 0 Å². The van der Waals surface area contributed by atoms with Crippen LogP contribution >= 0.6 is 0 Å². The second-order valence-electron chi connectivity index (χ2n) is 5.31. The van der Waals surface area contributed by atoms with Gasteiger partial charge in [0.2, 0.25) is 5.91 Å². The number of carbonyl (C=O) groups excluding carboxylic acids is 2. The molecule has 2 N–H and O–H groups in total. The summed E-state index contributed by atoms with van der Waals surface area (Å²) in [5.74, 6) is -0.405. The fourth-order valence-corrected chi connectivity index (χ4v) is 2.43. The second kappa shape index (κ2) is 7.70. The second-order valence-corrected chi connectivity index (χ2v) is 5.31. The van der Waals surface area contributed by atoms with E-state index >= 15 is 0 Å². The van der Waals surface area contributed by atoms with Crippen LogP contribution in [-0.4, -0.2) is 49.4 Å². The Bertz CT molecular complexity index is 549. The molecule has 0 saturated carbocycles. The molecule has 0 aliphatic carbocycles. The minimum absolute atomic E-state index is 0.0253. The lowest BCUT2D eigenvalue weighted by molar-refractivity contribution is -0.895. The molecule has 6 heteroatoms. The summed E-state index contributed by atoms with van der Waals surface area (Å²) in [6.45, 7) is 4.98. The van der Waals surface area contributed by atoms with Crippen LogP contribution in [0.25, 0.3) is 0 Å². The molecule has 0 unspecified atom stereocenters. The summed E-state index contributed by atoms with van der Waals surface area (Å²) in [5, 5.41) is 2.75. The fourth-order valence-electron chi connectivity index (χ4n) is 2.43. The van der Waals surface area contributed by atoms with Crippen LogP contribution in [0.2, 0.25) is 0 Å². The van der Waals surface area contributed by atoms with E-state index in [4.69, 9.17) is 0 Å². The van der Waals surface area contributed by atoms with Crippen molar-refractivity contribution in [2.24, 2.45) is 0 Å². The highest BCUT2D eigenvalue weighted by atomic mass is 19.1. The average Bonchev–Trinajstić information content (AvgIpc) is 2.50. The molecule has 0 atom stereocenters. The summed E-state index contributed by atoms with van der Waals surface area (Å²) >= 11 is 0. The minimum atomic E-state index is -0.328. The van der Waals surface area contributed by atoms with E-state index in [0.717, 1.165) is 18.0 Å². The van der Waals surface area contributed by atoms with E-state index < -0.39 is 0 Å². The number of nitrogens with zero attached hydrogens (tertiary/aromatic N) is 1. The first kappa shape index (κ1) is 16.2. The Labute approximate surface area is 129 Å². The minimum Gasteiger partial charge on any atom is -0.328 e. The van der Waals surface area contributed by atoms with Gasteiger partial charge in [0, 0.05) is 5.69 Å². The molecule has 1 fully saturated rings. The van der Waals surface area contributed by atoms with Crippen molar-refractivity contribution in [2.45, 2.75) is 6.92 Å². The van der Waals surface area contributed by atoms with E-state index in [1.165, 1.54) is 24.3 Å². The first-order valence-corrected chi connectivity index (χ1v) is 7.39. The number of rotatable bonds is 4. The molecule has 5 nitrogen and oxygen atoms in total. The number of quaternary nitrogens is 1. The van der Waals surface area contributed by atoms with Gasteiger partial charge >= 0.3 is 0 Å². The summed E-state index contributed by atoms with van der Waals surface area (Å²) in [5.41, 5.74) is 0.590. The number of piperazine rings is 1. The van der Waals surface area contributed by atoms with Crippen LogP contribution in [0.4, 0.5) is 10.1 Å². The zero-order valence-electron chi connectivity index (χ0n) is 12.6. The smallest absolute Gasteiger partial charge is 0.279 e. The molecule has 1 aromatic rings. The lowest BCUT2D eigenvalue weighted by Crippen LogP contribution is -3.15. The van der Waals surface area contributed by atoms with Gasteiger partial charge in [0.05, 0.1) is 26.2 Å². The zero-order chi connectivity index (χ0) is 15.9. The number of nitrogens with one attached hydrogen (secondary N) is 2. The quantitative estimate of drug-likeness (QED) is 0.774. The highest BCUT2D eigenvalue weighted by molar-refractivity contribution is 5.91. The van der Waals surface area contributed by atoms with E-state index in [1.807, 2.05) is 6.92 Å². The lowest BCUT2D eigenvalue weighted by Gasteiger charge is -2.31. The normalized spacial score (nSPS) is 16.0. The van der Waals surface area contributed by atoms with Gasteiger partial charge in [0.25, 0.3) is 5.91 Å². The molecule has 1 saturated heterocycles. The number of hydrogen-bond donors (Lipinski definition) is 2. The van der Waals surface area contributed by atoms with Gasteiger partial charge in [0.1, 0.15) is 5.82 Å². The van der Waals surface area contributed by atoms with Gasteiger partial charge in [-0.15, -0.1) is 0 Å². The third-order valence-electron chi connectivity index (χ3n) is 3.63. The third kappa shape index (κ3) is 4.66. The number of allylic oxidation sites excluding steroid dienone is 1. The number of anilines is 1. The Morgan fingerprint density at radius 2 is 1.91 bits per heavy atom. The molecule has 22 heavy (non-hydrogen) atoms. The maximum Gasteiger partial charge on any atom is 0.279 e. The fraction of sp³-hybridized carbons (Fsp3) is 0.375. The molecular formula is C16H21FN3O2+. The van der Waals surface area contributed by atoms with Crippen molar-refractivity contribution in [3.8, 4) is 0 Å². The van der Waals surface area contributed by atoms with Crippen LogP contribution in [-0.2, 0) is 9.59 Å². The molecule has 118 valence electrons. The largest absolute Gasteiger partial charge is 0.328 e. The molecule has 0 spiro atoms. The van der Waals surface area contributed by atoms with Crippen molar-refractivity contribution in [3.63, 3.8) is 0 Å². The highest BCUT2D eigenvalue weighted by Crippen LogP contribution is 2.07. The van der Waals surface area contributed by atoms with Gasteiger partial charge in [-0.05, 0) is 37.3 Å². The Balaban J connectivity index is 1.77. The van der Waals surface area contributed by atoms with E-state index in [2.05, 4.69) is 5.32 Å². The van der Waals surface area contributed by atoms with Crippen LogP contribution in [0, 0.1) is 5.82 Å². The summed E-state index contributed by atoms with van der Waals surface area (Å²) in [6.07, 6.45) is 3.30. The molecule has 1 heterocycles. The summed E-state index contributed by atoms with van der Waals surface area (Å²) < 4.78 is 12.8. The van der Waals surface area contributed by atoms with E-state index in [9.17, 15) is 14.0 Å². The van der Waals surface area contributed by atoms with Crippen LogP contribution in [0.1, 0.15) is 6.92 Å². The number of carbonyl (C=O) groups is 2. The molecule has 1 aromatic carbocycles. The van der Waals surface area contributed by atoms with Gasteiger partial charge in [-0.1, -0.05) is 6.08 Å². The van der Waals surface area contributed by atoms with Crippen molar-refractivity contribution < 1.29 is 18.9 Å². The average molecular weight is 306 g/mol. The van der Waals surface area contributed by atoms with Gasteiger partial charge in [-0.3, -0.25) is 9.59 Å². The van der Waals surface area contributed by atoms with Crippen LogP contribution in [0.5, 0.6) is 0 Å². The van der Waals surface area contributed by atoms with Gasteiger partial charge in [0.15, 0.2) is 6.54 Å². The third-order valence-corrected chi connectivity index (χ3v) is 3.63. The predicted octanol–water partition coefficient (Wildman–Crippen LogP) is 0.0674. The molecule has 2 amide bonds. The van der Waals surface area contributed by atoms with Crippen molar-refractivity contribution in [1.29, 1.82) is 0 Å². The monoisotopic (exact) mass is 306 g/mol. The highest BCUT2D eigenvalue weighted by Gasteiger charge is 2.23. The number of benzene rings is 1. The maximum absolute atomic E-state index is 12.8. The Morgan fingerprint density at radius 1 is 1.27 bits per heavy atom. The molecule has 2 rings (SSSR count). The van der Waals surface area contributed by atoms with Crippen molar-refractivity contribution >= 4 is 17.5 Å². The van der Waals surface area contributed by atoms with Gasteiger partial charge in [-0.25, -0.2) is 4.39 Å². The molecule has 0 bridgehead atoms. The Morgan fingerprint density at radius 3 is 2.50 bits per heavy atom.